The Kier molecular flexibility index (Phi) is 5.09. The maximum absolute atomic E-state index is 12.6. The first-order valence-electron chi connectivity index (χ1n) is 8.34. The summed E-state index contributed by atoms with van der Waals surface area (Å²) in [5.41, 5.74) is 3.88. The number of likely N-dealkylation sites (tertiary alicyclic amines) is 1. The Balaban J connectivity index is 1.66. The maximum Gasteiger partial charge on any atom is 0.229 e. The summed E-state index contributed by atoms with van der Waals surface area (Å²) < 4.78 is 0. The fraction of sp³-hybridized carbons (Fsp3) is 0.300. The van der Waals surface area contributed by atoms with Crippen molar-refractivity contribution >= 4 is 29.1 Å². The number of carbonyl (C=O) groups excluding carboxylic acids is 2. The molecule has 3 rings (SSSR count). The predicted octanol–water partition coefficient (Wildman–Crippen LogP) is 3.94. The molecule has 2 aromatic carbocycles. The van der Waals surface area contributed by atoms with Gasteiger partial charge in [0.25, 0.3) is 0 Å². The van der Waals surface area contributed by atoms with E-state index in [-0.39, 0.29) is 24.2 Å². The van der Waals surface area contributed by atoms with Crippen LogP contribution < -0.4 is 5.32 Å². The number of halogens is 1. The molecule has 0 saturated carbocycles. The van der Waals surface area contributed by atoms with Crippen LogP contribution in [0.2, 0.25) is 5.02 Å². The SMILES string of the molecule is Cc1cccc(NC(=O)[C@@H]2CC(=O)N(Cc3ccccc3Cl)C2)c1C. The lowest BCUT2D eigenvalue weighted by Crippen LogP contribution is -2.28. The smallest absolute Gasteiger partial charge is 0.229 e. The highest BCUT2D eigenvalue weighted by Crippen LogP contribution is 2.25. The number of hydrogen-bond acceptors (Lipinski definition) is 2. The summed E-state index contributed by atoms with van der Waals surface area (Å²) in [6.07, 6.45) is 0.237. The molecule has 0 spiro atoms. The van der Waals surface area contributed by atoms with Crippen LogP contribution in [0.25, 0.3) is 0 Å². The lowest BCUT2D eigenvalue weighted by atomic mass is 10.1. The monoisotopic (exact) mass is 356 g/mol. The number of benzene rings is 2. The number of hydrogen-bond donors (Lipinski definition) is 1. The quantitative estimate of drug-likeness (QED) is 0.901. The van der Waals surface area contributed by atoms with E-state index in [1.54, 1.807) is 4.90 Å². The molecular weight excluding hydrogens is 336 g/mol. The Morgan fingerprint density at radius 3 is 2.72 bits per heavy atom. The molecule has 1 fully saturated rings. The van der Waals surface area contributed by atoms with Crippen LogP contribution in [-0.2, 0) is 16.1 Å². The van der Waals surface area contributed by atoms with Crippen molar-refractivity contribution in [2.24, 2.45) is 5.92 Å². The molecule has 1 aliphatic rings. The molecule has 0 radical (unpaired) electrons. The minimum Gasteiger partial charge on any atom is -0.337 e. The number of aryl methyl sites for hydroxylation is 1. The van der Waals surface area contributed by atoms with Crippen molar-refractivity contribution < 1.29 is 9.59 Å². The van der Waals surface area contributed by atoms with Crippen LogP contribution in [0, 0.1) is 19.8 Å². The van der Waals surface area contributed by atoms with Gasteiger partial charge in [0.2, 0.25) is 11.8 Å². The van der Waals surface area contributed by atoms with E-state index in [1.807, 2.05) is 56.3 Å². The molecule has 0 bridgehead atoms. The summed E-state index contributed by atoms with van der Waals surface area (Å²) in [6.45, 7) is 4.84. The molecule has 0 aromatic heterocycles. The van der Waals surface area contributed by atoms with Crippen LogP contribution in [-0.4, -0.2) is 23.3 Å². The summed E-state index contributed by atoms with van der Waals surface area (Å²) in [6, 6.07) is 13.3. The Labute approximate surface area is 152 Å². The van der Waals surface area contributed by atoms with Crippen LogP contribution >= 0.6 is 11.6 Å². The van der Waals surface area contributed by atoms with E-state index >= 15 is 0 Å². The van der Waals surface area contributed by atoms with Gasteiger partial charge in [0.15, 0.2) is 0 Å². The third-order valence-electron chi connectivity index (χ3n) is 4.77. The molecule has 2 aromatic rings. The van der Waals surface area contributed by atoms with Crippen molar-refractivity contribution in [3.63, 3.8) is 0 Å². The number of carbonyl (C=O) groups is 2. The zero-order valence-corrected chi connectivity index (χ0v) is 15.1. The number of rotatable bonds is 4. The fourth-order valence-electron chi connectivity index (χ4n) is 3.05. The zero-order valence-electron chi connectivity index (χ0n) is 14.4. The Morgan fingerprint density at radius 2 is 1.96 bits per heavy atom. The molecule has 1 N–H and O–H groups in total. The normalized spacial score (nSPS) is 17.0. The largest absolute Gasteiger partial charge is 0.337 e. The molecule has 5 heteroatoms. The first kappa shape index (κ1) is 17.5. The van der Waals surface area contributed by atoms with Crippen LogP contribution in [0.15, 0.2) is 42.5 Å². The van der Waals surface area contributed by atoms with E-state index < -0.39 is 0 Å². The predicted molar refractivity (Wildman–Crippen MR) is 99.5 cm³/mol. The standard InChI is InChI=1S/C20H21ClN2O2/c1-13-6-5-9-18(14(13)2)22-20(25)16-10-19(24)23(12-16)11-15-7-3-4-8-17(15)21/h3-9,16H,10-12H2,1-2H3,(H,22,25)/t16-/m1/s1. The number of nitrogens with zero attached hydrogens (tertiary/aromatic N) is 1. The first-order valence-corrected chi connectivity index (χ1v) is 8.71. The number of amides is 2. The summed E-state index contributed by atoms with van der Waals surface area (Å²) in [7, 11) is 0. The van der Waals surface area contributed by atoms with Crippen molar-refractivity contribution in [1.82, 2.24) is 4.90 Å². The van der Waals surface area contributed by atoms with E-state index in [4.69, 9.17) is 11.6 Å². The van der Waals surface area contributed by atoms with Crippen molar-refractivity contribution in [3.8, 4) is 0 Å². The summed E-state index contributed by atoms with van der Waals surface area (Å²) >= 11 is 6.17. The lowest BCUT2D eigenvalue weighted by Gasteiger charge is -2.18. The third kappa shape index (κ3) is 3.85. The Hall–Kier alpha value is -2.33. The highest BCUT2D eigenvalue weighted by atomic mass is 35.5. The van der Waals surface area contributed by atoms with Gasteiger partial charge in [-0.05, 0) is 42.7 Å². The van der Waals surface area contributed by atoms with Gasteiger partial charge in [-0.2, -0.15) is 0 Å². The van der Waals surface area contributed by atoms with Crippen molar-refractivity contribution in [1.29, 1.82) is 0 Å². The van der Waals surface area contributed by atoms with E-state index in [0.717, 1.165) is 22.4 Å². The van der Waals surface area contributed by atoms with Gasteiger partial charge in [0, 0.05) is 30.2 Å². The van der Waals surface area contributed by atoms with Crippen LogP contribution in [0.5, 0.6) is 0 Å². The van der Waals surface area contributed by atoms with Gasteiger partial charge in [-0.25, -0.2) is 0 Å². The second-order valence-corrected chi connectivity index (χ2v) is 6.91. The topological polar surface area (TPSA) is 49.4 Å². The highest BCUT2D eigenvalue weighted by Gasteiger charge is 2.34. The molecule has 1 aliphatic heterocycles. The molecule has 0 aliphatic carbocycles. The Bertz CT molecular complexity index is 819. The average Bonchev–Trinajstić information content (AvgIpc) is 2.95. The fourth-order valence-corrected chi connectivity index (χ4v) is 3.25. The van der Waals surface area contributed by atoms with E-state index in [9.17, 15) is 9.59 Å². The van der Waals surface area contributed by atoms with Crippen LogP contribution in [0.1, 0.15) is 23.1 Å². The number of anilines is 1. The minimum absolute atomic E-state index is 0.0129. The molecule has 130 valence electrons. The van der Waals surface area contributed by atoms with Gasteiger partial charge in [-0.1, -0.05) is 41.9 Å². The third-order valence-corrected chi connectivity index (χ3v) is 5.14. The van der Waals surface area contributed by atoms with Gasteiger partial charge in [0.1, 0.15) is 0 Å². The molecule has 4 nitrogen and oxygen atoms in total. The second kappa shape index (κ2) is 7.28. The summed E-state index contributed by atoms with van der Waals surface area (Å²) in [5, 5.41) is 3.60. The summed E-state index contributed by atoms with van der Waals surface area (Å²) in [5.74, 6) is -0.459. The van der Waals surface area contributed by atoms with Crippen molar-refractivity contribution in [2.45, 2.75) is 26.8 Å². The van der Waals surface area contributed by atoms with Crippen molar-refractivity contribution in [2.75, 3.05) is 11.9 Å². The molecule has 1 heterocycles. The van der Waals surface area contributed by atoms with Crippen LogP contribution in [0.3, 0.4) is 0 Å². The Morgan fingerprint density at radius 1 is 1.20 bits per heavy atom. The lowest BCUT2D eigenvalue weighted by molar-refractivity contribution is -0.128. The van der Waals surface area contributed by atoms with E-state index in [0.29, 0.717) is 18.1 Å². The van der Waals surface area contributed by atoms with Gasteiger partial charge >= 0.3 is 0 Å². The highest BCUT2D eigenvalue weighted by molar-refractivity contribution is 6.31. The van der Waals surface area contributed by atoms with Crippen LogP contribution in [0.4, 0.5) is 5.69 Å². The second-order valence-electron chi connectivity index (χ2n) is 6.50. The zero-order chi connectivity index (χ0) is 18.0. The summed E-state index contributed by atoms with van der Waals surface area (Å²) in [4.78, 5) is 26.6. The average molecular weight is 357 g/mol. The van der Waals surface area contributed by atoms with E-state index in [2.05, 4.69) is 5.32 Å². The van der Waals surface area contributed by atoms with Gasteiger partial charge in [-0.15, -0.1) is 0 Å². The number of nitrogens with one attached hydrogen (secondary N) is 1. The van der Waals surface area contributed by atoms with E-state index in [1.165, 1.54) is 0 Å². The molecule has 25 heavy (non-hydrogen) atoms. The van der Waals surface area contributed by atoms with Gasteiger partial charge in [0.05, 0.1) is 5.92 Å². The van der Waals surface area contributed by atoms with Gasteiger partial charge in [-0.3, -0.25) is 9.59 Å². The molecular formula is C20H21ClN2O2. The molecule has 1 saturated heterocycles. The minimum atomic E-state index is -0.338. The maximum atomic E-state index is 12.6. The van der Waals surface area contributed by atoms with Crippen molar-refractivity contribution in [3.05, 3.63) is 64.2 Å². The molecule has 0 unspecified atom stereocenters. The molecule has 1 atom stereocenters. The van der Waals surface area contributed by atoms with Gasteiger partial charge < -0.3 is 10.2 Å². The molecule has 2 amide bonds. The first-order chi connectivity index (χ1) is 12.0.